The summed E-state index contributed by atoms with van der Waals surface area (Å²) in [4.78, 5) is 19.3. The molecule has 2 N–H and O–H groups in total. The van der Waals surface area contributed by atoms with E-state index in [-0.39, 0.29) is 16.3 Å². The van der Waals surface area contributed by atoms with Crippen LogP contribution in [-0.2, 0) is 16.2 Å². The van der Waals surface area contributed by atoms with Gasteiger partial charge in [0.1, 0.15) is 11.5 Å². The number of ketones is 1. The van der Waals surface area contributed by atoms with Crippen molar-refractivity contribution in [3.63, 3.8) is 0 Å². The molecule has 0 radical (unpaired) electrons. The second-order valence-corrected chi connectivity index (χ2v) is 9.02. The highest BCUT2D eigenvalue weighted by Crippen LogP contribution is 2.30. The van der Waals surface area contributed by atoms with Crippen LogP contribution < -0.4 is 4.72 Å². The van der Waals surface area contributed by atoms with Crippen LogP contribution >= 0.6 is 11.6 Å². The lowest BCUT2D eigenvalue weighted by molar-refractivity contribution is -0.137. The molecule has 6 nitrogen and oxygen atoms in total. The Labute approximate surface area is 189 Å². The molecular formula is C21H12ClF4N3O3S. The van der Waals surface area contributed by atoms with Gasteiger partial charge in [0.25, 0.3) is 10.0 Å². The van der Waals surface area contributed by atoms with Gasteiger partial charge < -0.3 is 4.98 Å². The summed E-state index contributed by atoms with van der Waals surface area (Å²) < 4.78 is 79.9. The van der Waals surface area contributed by atoms with E-state index in [4.69, 9.17) is 11.6 Å². The molecule has 0 aliphatic heterocycles. The van der Waals surface area contributed by atoms with E-state index in [9.17, 15) is 30.8 Å². The van der Waals surface area contributed by atoms with Crippen molar-refractivity contribution in [3.05, 3.63) is 88.5 Å². The molecule has 0 amide bonds. The van der Waals surface area contributed by atoms with E-state index in [1.54, 1.807) is 0 Å². The number of carbonyl (C=O) groups is 1. The molecule has 0 aliphatic rings. The van der Waals surface area contributed by atoms with Crippen molar-refractivity contribution in [1.82, 2.24) is 9.97 Å². The monoisotopic (exact) mass is 497 g/mol. The molecule has 2 aromatic carbocycles. The number of halogens is 5. The lowest BCUT2D eigenvalue weighted by Gasteiger charge is -2.11. The molecule has 2 aromatic heterocycles. The van der Waals surface area contributed by atoms with Crippen LogP contribution in [0.4, 0.5) is 23.2 Å². The predicted octanol–water partition coefficient (Wildman–Crippen LogP) is 5.41. The number of alkyl halides is 3. The highest BCUT2D eigenvalue weighted by molar-refractivity contribution is 7.92. The Morgan fingerprint density at radius 1 is 1.03 bits per heavy atom. The van der Waals surface area contributed by atoms with E-state index >= 15 is 0 Å². The number of nitrogens with zero attached hydrogens (tertiary/aromatic N) is 1. The van der Waals surface area contributed by atoms with Gasteiger partial charge in [-0.25, -0.2) is 17.8 Å². The van der Waals surface area contributed by atoms with Gasteiger partial charge in [-0.15, -0.1) is 0 Å². The third-order valence-corrected chi connectivity index (χ3v) is 6.30. The predicted molar refractivity (Wildman–Crippen MR) is 113 cm³/mol. The summed E-state index contributed by atoms with van der Waals surface area (Å²) in [6.45, 7) is 0. The topological polar surface area (TPSA) is 91.9 Å². The number of sulfonamides is 1. The largest absolute Gasteiger partial charge is 0.416 e. The molecule has 0 aliphatic carbocycles. The van der Waals surface area contributed by atoms with Gasteiger partial charge in [-0.2, -0.15) is 13.2 Å². The van der Waals surface area contributed by atoms with E-state index < -0.39 is 43.8 Å². The van der Waals surface area contributed by atoms with E-state index in [0.29, 0.717) is 23.2 Å². The zero-order valence-corrected chi connectivity index (χ0v) is 17.8. The number of benzene rings is 2. The molecule has 0 saturated carbocycles. The van der Waals surface area contributed by atoms with E-state index in [2.05, 4.69) is 14.7 Å². The number of pyridine rings is 1. The molecule has 2 heterocycles. The van der Waals surface area contributed by atoms with Crippen LogP contribution in [0.25, 0.3) is 11.0 Å². The number of aromatic amines is 1. The Morgan fingerprint density at radius 2 is 1.73 bits per heavy atom. The molecular weight excluding hydrogens is 486 g/mol. The second-order valence-electron chi connectivity index (χ2n) is 6.90. The van der Waals surface area contributed by atoms with E-state index in [1.165, 1.54) is 18.5 Å². The molecule has 0 spiro atoms. The number of hydrogen-bond donors (Lipinski definition) is 2. The molecule has 33 heavy (non-hydrogen) atoms. The molecule has 0 saturated heterocycles. The number of anilines is 1. The maximum absolute atomic E-state index is 14.4. The Balaban J connectivity index is 1.65. The Morgan fingerprint density at radius 3 is 2.39 bits per heavy atom. The zero-order valence-electron chi connectivity index (χ0n) is 16.2. The van der Waals surface area contributed by atoms with Gasteiger partial charge in [0, 0.05) is 29.0 Å². The first kappa shape index (κ1) is 22.7. The third kappa shape index (κ3) is 4.55. The number of fused-ring (bicyclic) bond motifs is 1. The standard InChI is InChI=1S/C21H12ClF4N3O3S/c22-12-7-15-17(10-28-20(15)27-9-12)19(30)16-8-13(3-6-18(16)23)29-33(31,32)14-4-1-11(2-5-14)21(24,25)26/h1-10,29H,(H,27,28). The summed E-state index contributed by atoms with van der Waals surface area (Å²) in [7, 11) is -4.31. The van der Waals surface area contributed by atoms with Crippen LogP contribution in [0.15, 0.2) is 65.8 Å². The number of H-pyrrole nitrogens is 1. The van der Waals surface area contributed by atoms with Crippen molar-refractivity contribution in [2.75, 3.05) is 4.72 Å². The van der Waals surface area contributed by atoms with Crippen LogP contribution in [0.2, 0.25) is 5.02 Å². The smallest absolute Gasteiger partial charge is 0.345 e. The first-order chi connectivity index (χ1) is 15.5. The number of aromatic nitrogens is 2. The maximum Gasteiger partial charge on any atom is 0.416 e. The van der Waals surface area contributed by atoms with Gasteiger partial charge in [0.05, 0.1) is 21.0 Å². The lowest BCUT2D eigenvalue weighted by Crippen LogP contribution is -2.14. The normalized spacial score (nSPS) is 12.2. The minimum atomic E-state index is -4.62. The summed E-state index contributed by atoms with van der Waals surface area (Å²) >= 11 is 5.92. The van der Waals surface area contributed by atoms with Gasteiger partial charge in [0.15, 0.2) is 5.78 Å². The summed E-state index contributed by atoms with van der Waals surface area (Å²) in [5, 5.41) is 0.609. The van der Waals surface area contributed by atoms with Crippen LogP contribution in [0.3, 0.4) is 0 Å². The zero-order chi connectivity index (χ0) is 24.0. The Kier molecular flexibility index (Phi) is 5.62. The average Bonchev–Trinajstić information content (AvgIpc) is 3.17. The molecule has 12 heteroatoms. The van der Waals surface area contributed by atoms with Crippen molar-refractivity contribution in [2.45, 2.75) is 11.1 Å². The van der Waals surface area contributed by atoms with Gasteiger partial charge in [-0.1, -0.05) is 11.6 Å². The van der Waals surface area contributed by atoms with Crippen LogP contribution in [0.1, 0.15) is 21.5 Å². The van der Waals surface area contributed by atoms with Crippen molar-refractivity contribution in [2.24, 2.45) is 0 Å². The van der Waals surface area contributed by atoms with E-state index in [1.807, 2.05) is 0 Å². The number of rotatable bonds is 5. The van der Waals surface area contributed by atoms with Crippen LogP contribution in [0.5, 0.6) is 0 Å². The number of hydrogen-bond acceptors (Lipinski definition) is 4. The Bertz CT molecular complexity index is 1480. The van der Waals surface area contributed by atoms with E-state index in [0.717, 1.165) is 30.3 Å². The number of nitrogens with one attached hydrogen (secondary N) is 2. The third-order valence-electron chi connectivity index (χ3n) is 4.70. The first-order valence-corrected chi connectivity index (χ1v) is 11.0. The summed E-state index contributed by atoms with van der Waals surface area (Å²) in [6.07, 6.45) is -1.93. The minimum Gasteiger partial charge on any atom is -0.345 e. The first-order valence-electron chi connectivity index (χ1n) is 9.13. The molecule has 0 unspecified atom stereocenters. The molecule has 0 atom stereocenters. The van der Waals surface area contributed by atoms with Gasteiger partial charge in [0.2, 0.25) is 0 Å². The summed E-state index contributed by atoms with van der Waals surface area (Å²) in [6, 6.07) is 7.31. The van der Waals surface area contributed by atoms with Gasteiger partial charge in [-0.05, 0) is 48.5 Å². The quantitative estimate of drug-likeness (QED) is 0.285. The highest BCUT2D eigenvalue weighted by Gasteiger charge is 2.30. The average molecular weight is 498 g/mol. The number of carbonyl (C=O) groups excluding carboxylic acids is 1. The SMILES string of the molecule is O=C(c1cc(NS(=O)(=O)c2ccc(C(F)(F)F)cc2)ccc1F)c1c[nH]c2ncc(Cl)cc12. The maximum atomic E-state index is 14.4. The second kappa shape index (κ2) is 8.16. The molecule has 0 bridgehead atoms. The van der Waals surface area contributed by atoms with Crippen LogP contribution in [-0.4, -0.2) is 24.2 Å². The van der Waals surface area contributed by atoms with Crippen molar-refractivity contribution >= 4 is 44.1 Å². The fourth-order valence-corrected chi connectivity index (χ4v) is 4.32. The molecule has 0 fully saturated rings. The Hall–Kier alpha value is -3.44. The minimum absolute atomic E-state index is 0.0710. The fourth-order valence-electron chi connectivity index (χ4n) is 3.11. The summed E-state index contributed by atoms with van der Waals surface area (Å²) in [5.41, 5.74) is -1.17. The van der Waals surface area contributed by atoms with Crippen LogP contribution in [0, 0.1) is 5.82 Å². The fraction of sp³-hybridized carbons (Fsp3) is 0.0476. The van der Waals surface area contributed by atoms with Gasteiger partial charge in [-0.3, -0.25) is 9.52 Å². The van der Waals surface area contributed by atoms with Crippen molar-refractivity contribution in [3.8, 4) is 0 Å². The highest BCUT2D eigenvalue weighted by atomic mass is 35.5. The van der Waals surface area contributed by atoms with Crippen molar-refractivity contribution in [1.29, 1.82) is 0 Å². The lowest BCUT2D eigenvalue weighted by atomic mass is 10.0. The summed E-state index contributed by atoms with van der Waals surface area (Å²) in [5.74, 6) is -1.65. The molecule has 4 aromatic rings. The van der Waals surface area contributed by atoms with Gasteiger partial charge >= 0.3 is 6.18 Å². The van der Waals surface area contributed by atoms with Crippen molar-refractivity contribution < 1.29 is 30.8 Å². The molecule has 4 rings (SSSR count). The molecule has 170 valence electrons.